The van der Waals surface area contributed by atoms with Gasteiger partial charge in [0.15, 0.2) is 11.5 Å². The van der Waals surface area contributed by atoms with Crippen LogP contribution in [0.4, 0.5) is 0 Å². The van der Waals surface area contributed by atoms with Crippen LogP contribution in [0.2, 0.25) is 0 Å². The van der Waals surface area contributed by atoms with E-state index in [1.165, 1.54) is 0 Å². The van der Waals surface area contributed by atoms with Gasteiger partial charge in [0.05, 0.1) is 26.3 Å². The number of ether oxygens (including phenoxy) is 3. The summed E-state index contributed by atoms with van der Waals surface area (Å²) in [6.45, 7) is 4.45. The van der Waals surface area contributed by atoms with E-state index in [1.807, 2.05) is 50.4 Å². The molecule has 0 amide bonds. The Morgan fingerprint density at radius 3 is 2.39 bits per heavy atom. The molecule has 0 unspecified atom stereocenters. The lowest BCUT2D eigenvalue weighted by Crippen LogP contribution is -2.15. The highest BCUT2D eigenvalue weighted by Crippen LogP contribution is 2.34. The lowest BCUT2D eigenvalue weighted by atomic mass is 9.98. The molecule has 0 atom stereocenters. The Kier molecular flexibility index (Phi) is 6.49. The van der Waals surface area contributed by atoms with Gasteiger partial charge in [-0.1, -0.05) is 7.43 Å². The molecule has 31 heavy (non-hydrogen) atoms. The second-order valence-electron chi connectivity index (χ2n) is 7.12. The Bertz CT molecular complexity index is 1290. The quantitative estimate of drug-likeness (QED) is 0.474. The van der Waals surface area contributed by atoms with Crippen molar-refractivity contribution in [2.75, 3.05) is 20.8 Å². The van der Waals surface area contributed by atoms with Crippen LogP contribution in [0.1, 0.15) is 31.2 Å². The lowest BCUT2D eigenvalue weighted by molar-refractivity contribution is 0.340. The van der Waals surface area contributed by atoms with Gasteiger partial charge in [-0.05, 0) is 55.1 Å². The zero-order chi connectivity index (χ0) is 21.3. The van der Waals surface area contributed by atoms with E-state index in [-0.39, 0.29) is 13.0 Å². The lowest BCUT2D eigenvalue weighted by Gasteiger charge is -2.13. The molecule has 2 heterocycles. The van der Waals surface area contributed by atoms with Gasteiger partial charge in [0.25, 0.3) is 5.56 Å². The molecule has 6 nitrogen and oxygen atoms in total. The Labute approximate surface area is 181 Å². The topological polar surface area (TPSA) is 73.4 Å². The molecular weight excluding hydrogens is 392 g/mol. The molecule has 6 heteroatoms. The number of benzene rings is 2. The van der Waals surface area contributed by atoms with Gasteiger partial charge in [0.1, 0.15) is 5.75 Å². The molecule has 2 aromatic heterocycles. The van der Waals surface area contributed by atoms with Gasteiger partial charge in [-0.15, -0.1) is 0 Å². The number of nitrogens with one attached hydrogen (secondary N) is 1. The van der Waals surface area contributed by atoms with Crippen LogP contribution < -0.4 is 19.8 Å². The molecule has 4 rings (SSSR count). The molecule has 2 aromatic carbocycles. The Morgan fingerprint density at radius 1 is 1.00 bits per heavy atom. The molecule has 0 aliphatic carbocycles. The van der Waals surface area contributed by atoms with Crippen molar-refractivity contribution in [1.82, 2.24) is 9.97 Å². The van der Waals surface area contributed by atoms with Crippen molar-refractivity contribution in [3.05, 3.63) is 69.8 Å². The zero-order valence-corrected chi connectivity index (χ0v) is 17.5. The van der Waals surface area contributed by atoms with Crippen molar-refractivity contribution in [3.8, 4) is 17.2 Å². The van der Waals surface area contributed by atoms with Crippen LogP contribution in [-0.4, -0.2) is 30.8 Å². The van der Waals surface area contributed by atoms with E-state index in [4.69, 9.17) is 14.2 Å². The summed E-state index contributed by atoms with van der Waals surface area (Å²) in [6.07, 6.45) is 2.27. The molecule has 0 saturated heterocycles. The fraction of sp³-hybridized carbons (Fsp3) is 0.280. The van der Waals surface area contributed by atoms with Gasteiger partial charge in [-0.25, -0.2) is 0 Å². The van der Waals surface area contributed by atoms with Gasteiger partial charge < -0.3 is 19.2 Å². The number of fused-ring (bicyclic) bond motifs is 2. The van der Waals surface area contributed by atoms with Crippen LogP contribution in [0.15, 0.2) is 47.4 Å². The van der Waals surface area contributed by atoms with Crippen LogP contribution >= 0.6 is 0 Å². The van der Waals surface area contributed by atoms with Crippen LogP contribution in [0.25, 0.3) is 21.7 Å². The van der Waals surface area contributed by atoms with Crippen molar-refractivity contribution in [1.29, 1.82) is 0 Å². The smallest absolute Gasteiger partial charge is 0.252 e. The van der Waals surface area contributed by atoms with Crippen LogP contribution in [0, 0.1) is 6.92 Å². The Balaban J connectivity index is 0.00000272. The summed E-state index contributed by atoms with van der Waals surface area (Å²) in [5, 5.41) is 2.78. The highest BCUT2D eigenvalue weighted by atomic mass is 16.5. The average molecular weight is 421 g/mol. The third-order valence-electron chi connectivity index (χ3n) is 5.23. The molecule has 0 aliphatic rings. The maximum absolute atomic E-state index is 12.8. The maximum Gasteiger partial charge on any atom is 0.252 e. The number of H-pyrrole nitrogens is 1. The third kappa shape index (κ3) is 4.19. The molecule has 0 spiro atoms. The SMILES string of the molecule is C.CCOc1ccc2cc(Cc3c(=O)[nH]c(C)c4cc(OC)c(OC)cc34)cnc2c1. The summed E-state index contributed by atoms with van der Waals surface area (Å²) in [7, 11) is 3.19. The van der Waals surface area contributed by atoms with Crippen LogP contribution in [0.3, 0.4) is 0 Å². The van der Waals surface area contributed by atoms with Gasteiger partial charge in [0, 0.05) is 40.7 Å². The molecule has 0 saturated carbocycles. The molecule has 4 aromatic rings. The number of aryl methyl sites for hydroxylation is 1. The molecule has 0 fully saturated rings. The first-order valence-electron chi connectivity index (χ1n) is 9.83. The molecular formula is C25H28N2O4. The van der Waals surface area contributed by atoms with Gasteiger partial charge in [0.2, 0.25) is 0 Å². The number of aromatic nitrogens is 2. The molecule has 0 bridgehead atoms. The number of pyridine rings is 2. The fourth-order valence-corrected chi connectivity index (χ4v) is 3.75. The van der Waals surface area contributed by atoms with E-state index in [9.17, 15) is 4.79 Å². The van der Waals surface area contributed by atoms with Crippen molar-refractivity contribution >= 4 is 21.7 Å². The van der Waals surface area contributed by atoms with Crippen molar-refractivity contribution in [2.45, 2.75) is 27.7 Å². The highest BCUT2D eigenvalue weighted by Gasteiger charge is 2.15. The second kappa shape index (κ2) is 9.08. The second-order valence-corrected chi connectivity index (χ2v) is 7.12. The summed E-state index contributed by atoms with van der Waals surface area (Å²) in [6, 6.07) is 11.7. The van der Waals surface area contributed by atoms with Gasteiger partial charge in [-0.3, -0.25) is 9.78 Å². The number of hydrogen-bond acceptors (Lipinski definition) is 5. The number of hydrogen-bond donors (Lipinski definition) is 1. The summed E-state index contributed by atoms with van der Waals surface area (Å²) in [5.74, 6) is 2.02. The van der Waals surface area contributed by atoms with Gasteiger partial charge >= 0.3 is 0 Å². The minimum atomic E-state index is -0.112. The minimum Gasteiger partial charge on any atom is -0.494 e. The van der Waals surface area contributed by atoms with E-state index in [2.05, 4.69) is 16.0 Å². The van der Waals surface area contributed by atoms with Crippen LogP contribution in [-0.2, 0) is 6.42 Å². The Hall–Kier alpha value is -3.54. The minimum absolute atomic E-state index is 0. The summed E-state index contributed by atoms with van der Waals surface area (Å²) in [5.41, 5.74) is 3.17. The highest BCUT2D eigenvalue weighted by molar-refractivity contribution is 5.90. The number of nitrogens with zero attached hydrogens (tertiary/aromatic N) is 1. The van der Waals surface area contributed by atoms with Crippen molar-refractivity contribution in [3.63, 3.8) is 0 Å². The monoisotopic (exact) mass is 420 g/mol. The largest absolute Gasteiger partial charge is 0.494 e. The van der Waals surface area contributed by atoms with Crippen molar-refractivity contribution < 1.29 is 14.2 Å². The predicted molar refractivity (Wildman–Crippen MR) is 125 cm³/mol. The fourth-order valence-electron chi connectivity index (χ4n) is 3.75. The number of methoxy groups -OCH3 is 2. The summed E-state index contributed by atoms with van der Waals surface area (Å²) in [4.78, 5) is 20.4. The molecule has 162 valence electrons. The molecule has 1 N–H and O–H groups in total. The first kappa shape index (κ1) is 22.2. The Morgan fingerprint density at radius 2 is 1.71 bits per heavy atom. The predicted octanol–water partition coefficient (Wildman–Crippen LogP) is 5.03. The standard InChI is InChI=1S/C24H24N2O4.CH4/c1-5-30-17-7-6-16-8-15(13-25-21(16)10-17)9-20-19-12-23(29-4)22(28-3)11-18(19)14(2)26-24(20)27;/h6-8,10-13H,5,9H2,1-4H3,(H,26,27);1H4. The first-order chi connectivity index (χ1) is 14.5. The third-order valence-corrected chi connectivity index (χ3v) is 5.23. The van der Waals surface area contributed by atoms with Crippen molar-refractivity contribution in [2.24, 2.45) is 0 Å². The normalized spacial score (nSPS) is 10.7. The summed E-state index contributed by atoms with van der Waals surface area (Å²) < 4.78 is 16.4. The molecule has 0 radical (unpaired) electrons. The zero-order valence-electron chi connectivity index (χ0n) is 17.5. The average Bonchev–Trinajstić information content (AvgIpc) is 2.76. The number of rotatable bonds is 6. The first-order valence-corrected chi connectivity index (χ1v) is 9.83. The summed E-state index contributed by atoms with van der Waals surface area (Å²) >= 11 is 0. The number of aromatic amines is 1. The van der Waals surface area contributed by atoms with E-state index >= 15 is 0 Å². The maximum atomic E-state index is 12.8. The van der Waals surface area contributed by atoms with Crippen LogP contribution in [0.5, 0.6) is 17.2 Å². The van der Waals surface area contributed by atoms with E-state index in [0.29, 0.717) is 30.1 Å². The van der Waals surface area contributed by atoms with E-state index in [0.717, 1.165) is 38.7 Å². The van der Waals surface area contributed by atoms with Gasteiger partial charge in [-0.2, -0.15) is 0 Å². The van der Waals surface area contributed by atoms with E-state index < -0.39 is 0 Å². The molecule has 0 aliphatic heterocycles. The van der Waals surface area contributed by atoms with E-state index in [1.54, 1.807) is 14.2 Å².